The molecule has 1 N–H and O–H groups in total. The first kappa shape index (κ1) is 22.8. The minimum absolute atomic E-state index is 0.0559. The van der Waals surface area contributed by atoms with E-state index in [0.29, 0.717) is 36.2 Å². The van der Waals surface area contributed by atoms with E-state index in [1.807, 2.05) is 48.3 Å². The van der Waals surface area contributed by atoms with Gasteiger partial charge in [-0.05, 0) is 37.7 Å². The van der Waals surface area contributed by atoms with Crippen LogP contribution in [-0.4, -0.2) is 45.6 Å². The van der Waals surface area contributed by atoms with Crippen LogP contribution in [0.4, 0.5) is 4.79 Å². The minimum atomic E-state index is -0.550. The second-order valence-electron chi connectivity index (χ2n) is 9.50. The van der Waals surface area contributed by atoms with E-state index in [-0.39, 0.29) is 11.9 Å². The van der Waals surface area contributed by atoms with E-state index in [1.165, 1.54) is 0 Å². The van der Waals surface area contributed by atoms with Gasteiger partial charge in [0.25, 0.3) is 5.91 Å². The van der Waals surface area contributed by atoms with E-state index in [1.54, 1.807) is 28.2 Å². The number of benzene rings is 1. The van der Waals surface area contributed by atoms with Crippen molar-refractivity contribution in [1.29, 1.82) is 0 Å². The summed E-state index contributed by atoms with van der Waals surface area (Å²) in [7, 11) is 1.82. The Bertz CT molecular complexity index is 1400. The number of nitrogens with one attached hydrogen (secondary N) is 1. The summed E-state index contributed by atoms with van der Waals surface area (Å²) < 4.78 is 12.7. The smallest absolute Gasteiger partial charge is 0.413 e. The fourth-order valence-corrected chi connectivity index (χ4v) is 6.08. The summed E-state index contributed by atoms with van der Waals surface area (Å²) in [5.74, 6) is 0.827. The first-order valence-electron chi connectivity index (χ1n) is 12.4. The van der Waals surface area contributed by atoms with Crippen molar-refractivity contribution < 1.29 is 18.7 Å². The van der Waals surface area contributed by atoms with Gasteiger partial charge >= 0.3 is 6.09 Å². The monoisotopic (exact) mass is 504 g/mol. The predicted molar refractivity (Wildman–Crippen MR) is 137 cm³/mol. The minimum Gasteiger partial charge on any atom is -0.463 e. The van der Waals surface area contributed by atoms with Crippen LogP contribution < -0.4 is 10.1 Å². The SMILES string of the molecule is Cn1c(OC(=O)NC[C@@H]2CCCCN2C(=O)c2nc(C3CC3)sc2-c2ccccc2)cc2occc21. The molecule has 36 heavy (non-hydrogen) atoms. The van der Waals surface area contributed by atoms with Crippen LogP contribution in [0.5, 0.6) is 5.88 Å². The normalized spacial score (nSPS) is 17.9. The van der Waals surface area contributed by atoms with Crippen molar-refractivity contribution in [1.82, 2.24) is 19.8 Å². The van der Waals surface area contributed by atoms with Gasteiger partial charge in [0.2, 0.25) is 5.88 Å². The lowest BCUT2D eigenvalue weighted by molar-refractivity contribution is 0.0606. The fourth-order valence-electron chi connectivity index (χ4n) is 4.85. The van der Waals surface area contributed by atoms with Crippen molar-refractivity contribution in [3.05, 3.63) is 59.4 Å². The topological polar surface area (TPSA) is 89.6 Å². The highest BCUT2D eigenvalue weighted by Crippen LogP contribution is 2.45. The molecule has 1 aliphatic carbocycles. The number of thiazole rings is 1. The van der Waals surface area contributed by atoms with Gasteiger partial charge in [0.05, 0.1) is 21.7 Å². The molecular formula is C27H28N4O4S. The first-order chi connectivity index (χ1) is 17.6. The molecule has 8 nitrogen and oxygen atoms in total. The molecule has 6 rings (SSSR count). The van der Waals surface area contributed by atoms with Gasteiger partial charge in [0, 0.05) is 44.2 Å². The third-order valence-electron chi connectivity index (χ3n) is 7.00. The maximum atomic E-state index is 13.8. The van der Waals surface area contributed by atoms with Gasteiger partial charge in [0.15, 0.2) is 5.58 Å². The third-order valence-corrected chi connectivity index (χ3v) is 8.26. The van der Waals surface area contributed by atoms with Crippen LogP contribution in [0.3, 0.4) is 0 Å². The lowest BCUT2D eigenvalue weighted by atomic mass is 10.0. The fraction of sp³-hybridized carbons (Fsp3) is 0.370. The Labute approximate surface area is 212 Å². The summed E-state index contributed by atoms with van der Waals surface area (Å²) in [6.45, 7) is 0.977. The Hall–Kier alpha value is -3.59. The van der Waals surface area contributed by atoms with Gasteiger partial charge in [0.1, 0.15) is 5.69 Å². The number of fused-ring (bicyclic) bond motifs is 1. The highest BCUT2D eigenvalue weighted by molar-refractivity contribution is 7.15. The molecule has 0 radical (unpaired) electrons. The number of hydrogen-bond donors (Lipinski definition) is 1. The second kappa shape index (κ2) is 9.46. The molecule has 0 spiro atoms. The lowest BCUT2D eigenvalue weighted by Gasteiger charge is -2.35. The molecule has 1 saturated carbocycles. The number of aromatic nitrogens is 2. The van der Waals surface area contributed by atoms with Crippen molar-refractivity contribution >= 4 is 34.4 Å². The molecule has 1 aromatic carbocycles. The summed E-state index contributed by atoms with van der Waals surface area (Å²) >= 11 is 1.64. The number of aryl methyl sites for hydroxylation is 1. The van der Waals surface area contributed by atoms with E-state index in [2.05, 4.69) is 5.32 Å². The van der Waals surface area contributed by atoms with Gasteiger partial charge < -0.3 is 23.9 Å². The summed E-state index contributed by atoms with van der Waals surface area (Å²) in [4.78, 5) is 34.1. The number of carbonyl (C=O) groups excluding carboxylic acids is 2. The van der Waals surface area contributed by atoms with Crippen LogP contribution in [0.25, 0.3) is 21.5 Å². The molecule has 2 aliphatic rings. The van der Waals surface area contributed by atoms with Crippen LogP contribution >= 0.6 is 11.3 Å². The van der Waals surface area contributed by atoms with E-state index in [4.69, 9.17) is 14.1 Å². The van der Waals surface area contributed by atoms with Crippen molar-refractivity contribution in [3.8, 4) is 16.3 Å². The molecule has 4 aromatic rings. The zero-order valence-corrected chi connectivity index (χ0v) is 20.9. The van der Waals surface area contributed by atoms with E-state index < -0.39 is 6.09 Å². The maximum Gasteiger partial charge on any atom is 0.413 e. The Morgan fingerprint density at radius 2 is 2.00 bits per heavy atom. The number of likely N-dealkylation sites (tertiary alicyclic amines) is 1. The number of hydrogen-bond acceptors (Lipinski definition) is 6. The highest BCUT2D eigenvalue weighted by Gasteiger charge is 2.34. The molecule has 1 aliphatic heterocycles. The lowest BCUT2D eigenvalue weighted by Crippen LogP contribution is -2.50. The van der Waals surface area contributed by atoms with Crippen molar-refractivity contribution in [2.45, 2.75) is 44.1 Å². The Kier molecular flexibility index (Phi) is 6.00. The summed E-state index contributed by atoms with van der Waals surface area (Å²) in [6, 6.07) is 13.4. The quantitative estimate of drug-likeness (QED) is 0.372. The Morgan fingerprint density at radius 3 is 2.78 bits per heavy atom. The van der Waals surface area contributed by atoms with Crippen LogP contribution in [0.1, 0.15) is 53.5 Å². The van der Waals surface area contributed by atoms with Gasteiger partial charge in [-0.25, -0.2) is 9.78 Å². The number of rotatable bonds is 6. The first-order valence-corrected chi connectivity index (χ1v) is 13.3. The Balaban J connectivity index is 1.17. The summed E-state index contributed by atoms with van der Waals surface area (Å²) in [5.41, 5.74) is 3.07. The molecule has 3 aromatic heterocycles. The zero-order valence-electron chi connectivity index (χ0n) is 20.1. The van der Waals surface area contributed by atoms with Crippen LogP contribution in [0, 0.1) is 0 Å². The number of ether oxygens (including phenoxy) is 1. The van der Waals surface area contributed by atoms with E-state index in [0.717, 1.165) is 53.1 Å². The molecule has 0 unspecified atom stereocenters. The maximum absolute atomic E-state index is 13.8. The average molecular weight is 505 g/mol. The van der Waals surface area contributed by atoms with Crippen LogP contribution in [0.2, 0.25) is 0 Å². The summed E-state index contributed by atoms with van der Waals surface area (Å²) in [5, 5.41) is 3.92. The van der Waals surface area contributed by atoms with Crippen molar-refractivity contribution in [2.24, 2.45) is 7.05 Å². The number of amides is 2. The molecule has 186 valence electrons. The number of nitrogens with zero attached hydrogens (tertiary/aromatic N) is 3. The molecule has 1 saturated heterocycles. The molecule has 9 heteroatoms. The van der Waals surface area contributed by atoms with Gasteiger partial charge in [-0.2, -0.15) is 0 Å². The number of carbonyl (C=O) groups is 2. The molecule has 1 atom stereocenters. The van der Waals surface area contributed by atoms with Gasteiger partial charge in [-0.15, -0.1) is 11.3 Å². The van der Waals surface area contributed by atoms with Crippen molar-refractivity contribution in [2.75, 3.05) is 13.1 Å². The van der Waals surface area contributed by atoms with E-state index in [9.17, 15) is 9.59 Å². The Morgan fingerprint density at radius 1 is 1.17 bits per heavy atom. The molecule has 0 bridgehead atoms. The van der Waals surface area contributed by atoms with E-state index >= 15 is 0 Å². The van der Waals surface area contributed by atoms with Gasteiger partial charge in [-0.3, -0.25) is 4.79 Å². The molecular weight excluding hydrogens is 476 g/mol. The molecule has 2 amide bonds. The van der Waals surface area contributed by atoms with Crippen LogP contribution in [0.15, 0.2) is 53.1 Å². The largest absolute Gasteiger partial charge is 0.463 e. The zero-order chi connectivity index (χ0) is 24.6. The third kappa shape index (κ3) is 4.39. The molecule has 4 heterocycles. The second-order valence-corrected chi connectivity index (χ2v) is 10.5. The molecule has 2 fully saturated rings. The number of furan rings is 1. The average Bonchev–Trinajstić information content (AvgIpc) is 3.37. The van der Waals surface area contributed by atoms with Gasteiger partial charge in [-0.1, -0.05) is 30.3 Å². The van der Waals surface area contributed by atoms with Crippen LogP contribution in [-0.2, 0) is 7.05 Å². The van der Waals surface area contributed by atoms with Crippen molar-refractivity contribution in [3.63, 3.8) is 0 Å². The summed E-state index contributed by atoms with van der Waals surface area (Å²) in [6.07, 6.45) is 6.10. The predicted octanol–water partition coefficient (Wildman–Crippen LogP) is 5.56. The number of piperidine rings is 1. The standard InChI is InChI=1S/C27H28N4O4S/c1-30-20-12-14-34-21(20)15-22(30)35-27(33)28-16-19-9-5-6-13-31(19)26(32)23-24(17-7-3-2-4-8-17)36-25(29-23)18-10-11-18/h2-4,7-8,12,14-15,18-19H,5-6,9-11,13,16H2,1H3,(H,28,33)/t19-/m0/s1. The highest BCUT2D eigenvalue weighted by atomic mass is 32.1.